The molecule has 4 N–H and O–H groups in total. The summed E-state index contributed by atoms with van der Waals surface area (Å²) in [7, 11) is 0. The van der Waals surface area contributed by atoms with Gasteiger partial charge in [-0.2, -0.15) is 0 Å². The van der Waals surface area contributed by atoms with E-state index in [0.29, 0.717) is 29.6 Å². The van der Waals surface area contributed by atoms with Gasteiger partial charge in [-0.1, -0.05) is 23.9 Å². The quantitative estimate of drug-likeness (QED) is 0.435. The van der Waals surface area contributed by atoms with Gasteiger partial charge >= 0.3 is 5.69 Å². The van der Waals surface area contributed by atoms with Crippen LogP contribution in [0.4, 0.5) is 0 Å². The molecule has 0 fully saturated rings. The van der Waals surface area contributed by atoms with Gasteiger partial charge in [0.1, 0.15) is 0 Å². The Balaban J connectivity index is 2.26. The predicted molar refractivity (Wildman–Crippen MR) is 77.8 cm³/mol. The predicted octanol–water partition coefficient (Wildman–Crippen LogP) is 0.707. The highest BCUT2D eigenvalue weighted by Crippen LogP contribution is 2.04. The van der Waals surface area contributed by atoms with E-state index < -0.39 is 5.69 Å². The van der Waals surface area contributed by atoms with Crippen molar-refractivity contribution in [2.75, 3.05) is 5.75 Å². The number of rotatable bonds is 4. The Morgan fingerprint density at radius 3 is 2.84 bits per heavy atom. The second-order valence-corrected chi connectivity index (χ2v) is 5.14. The first kappa shape index (κ1) is 13.4. The van der Waals surface area contributed by atoms with E-state index in [1.165, 1.54) is 16.3 Å². The molecule has 1 aromatic heterocycles. The lowest BCUT2D eigenvalue weighted by Crippen LogP contribution is -2.35. The molecule has 0 atom stereocenters. The summed E-state index contributed by atoms with van der Waals surface area (Å²) in [6, 6.07) is 6.92. The molecule has 100 valence electrons. The van der Waals surface area contributed by atoms with E-state index in [1.54, 1.807) is 24.3 Å². The van der Waals surface area contributed by atoms with Crippen LogP contribution in [0.2, 0.25) is 0 Å². The highest BCUT2D eigenvalue weighted by molar-refractivity contribution is 8.13. The van der Waals surface area contributed by atoms with Crippen LogP contribution in [-0.2, 0) is 6.54 Å². The van der Waals surface area contributed by atoms with Crippen LogP contribution in [-0.4, -0.2) is 20.5 Å². The maximum absolute atomic E-state index is 12.1. The molecule has 7 heteroatoms. The van der Waals surface area contributed by atoms with Gasteiger partial charge in [0.05, 0.1) is 10.9 Å². The van der Waals surface area contributed by atoms with Crippen LogP contribution < -0.4 is 17.0 Å². The number of hydrogen-bond donors (Lipinski definition) is 3. The van der Waals surface area contributed by atoms with E-state index in [0.717, 1.165) is 0 Å². The maximum atomic E-state index is 12.1. The number of aromatic nitrogens is 2. The van der Waals surface area contributed by atoms with E-state index in [-0.39, 0.29) is 10.7 Å². The average molecular weight is 278 g/mol. The molecule has 2 rings (SSSR count). The summed E-state index contributed by atoms with van der Waals surface area (Å²) >= 11 is 1.20. The van der Waals surface area contributed by atoms with Gasteiger partial charge in [-0.25, -0.2) is 4.79 Å². The van der Waals surface area contributed by atoms with E-state index >= 15 is 0 Å². The molecule has 0 aliphatic heterocycles. The Labute approximate surface area is 113 Å². The zero-order chi connectivity index (χ0) is 13.8. The zero-order valence-electron chi connectivity index (χ0n) is 10.2. The summed E-state index contributed by atoms with van der Waals surface area (Å²) in [5.41, 5.74) is 5.07. The maximum Gasteiger partial charge on any atom is 0.328 e. The Hall–Kier alpha value is -2.02. The summed E-state index contributed by atoms with van der Waals surface area (Å²) in [4.78, 5) is 26.6. The van der Waals surface area contributed by atoms with Crippen LogP contribution in [0.1, 0.15) is 6.42 Å². The van der Waals surface area contributed by atoms with E-state index in [2.05, 4.69) is 4.98 Å². The lowest BCUT2D eigenvalue weighted by molar-refractivity contribution is 0.627. The highest BCUT2D eigenvalue weighted by Gasteiger charge is 2.06. The molecular formula is C12H14N4O2S. The van der Waals surface area contributed by atoms with Gasteiger partial charge in [-0.15, -0.1) is 0 Å². The van der Waals surface area contributed by atoms with Gasteiger partial charge in [0.25, 0.3) is 5.56 Å². The van der Waals surface area contributed by atoms with Crippen LogP contribution >= 0.6 is 11.8 Å². The first-order valence-electron chi connectivity index (χ1n) is 5.78. The largest absolute Gasteiger partial charge is 0.379 e. The molecule has 0 radical (unpaired) electrons. The van der Waals surface area contributed by atoms with Crippen molar-refractivity contribution in [2.45, 2.75) is 13.0 Å². The van der Waals surface area contributed by atoms with Crippen LogP contribution in [0.15, 0.2) is 33.9 Å². The van der Waals surface area contributed by atoms with Gasteiger partial charge in [-0.3, -0.25) is 14.8 Å². The molecule has 0 amide bonds. The third kappa shape index (κ3) is 3.05. The van der Waals surface area contributed by atoms with Crippen molar-refractivity contribution in [1.82, 2.24) is 9.55 Å². The molecule has 19 heavy (non-hydrogen) atoms. The summed E-state index contributed by atoms with van der Waals surface area (Å²) in [5, 5.41) is 7.62. The molecule has 0 unspecified atom stereocenters. The molecule has 2 aromatic rings. The van der Waals surface area contributed by atoms with Gasteiger partial charge < -0.3 is 10.7 Å². The number of nitrogens with two attached hydrogens (primary N) is 1. The molecule has 0 aliphatic carbocycles. The van der Waals surface area contributed by atoms with E-state index in [1.807, 2.05) is 0 Å². The number of aromatic amines is 1. The Morgan fingerprint density at radius 2 is 2.11 bits per heavy atom. The Kier molecular flexibility index (Phi) is 4.06. The number of nitrogens with zero attached hydrogens (tertiary/aromatic N) is 1. The van der Waals surface area contributed by atoms with Gasteiger partial charge in [0, 0.05) is 12.3 Å². The van der Waals surface area contributed by atoms with Crippen molar-refractivity contribution in [3.8, 4) is 0 Å². The fourth-order valence-corrected chi connectivity index (χ4v) is 2.30. The minimum absolute atomic E-state index is 0.0415. The second kappa shape index (κ2) is 5.75. The van der Waals surface area contributed by atoms with Gasteiger partial charge in [0.15, 0.2) is 5.17 Å². The van der Waals surface area contributed by atoms with Crippen molar-refractivity contribution in [2.24, 2.45) is 5.73 Å². The van der Waals surface area contributed by atoms with Crippen molar-refractivity contribution in [3.63, 3.8) is 0 Å². The van der Waals surface area contributed by atoms with Crippen molar-refractivity contribution in [1.29, 1.82) is 5.41 Å². The third-order valence-corrected chi connectivity index (χ3v) is 3.48. The van der Waals surface area contributed by atoms with Crippen molar-refractivity contribution < 1.29 is 0 Å². The SMILES string of the molecule is N=C(N)SCCCn1c(=O)[nH]c2ccccc2c1=O. The van der Waals surface area contributed by atoms with Crippen molar-refractivity contribution >= 4 is 27.8 Å². The number of amidine groups is 1. The molecular weight excluding hydrogens is 264 g/mol. The normalized spacial score (nSPS) is 10.7. The first-order valence-corrected chi connectivity index (χ1v) is 6.77. The summed E-state index contributed by atoms with van der Waals surface area (Å²) in [5.74, 6) is 0.605. The fraction of sp³-hybridized carbons (Fsp3) is 0.250. The smallest absolute Gasteiger partial charge is 0.328 e. The van der Waals surface area contributed by atoms with Crippen LogP contribution in [0, 0.1) is 5.41 Å². The molecule has 1 heterocycles. The van der Waals surface area contributed by atoms with Crippen LogP contribution in [0.25, 0.3) is 10.9 Å². The van der Waals surface area contributed by atoms with E-state index in [4.69, 9.17) is 11.1 Å². The number of fused-ring (bicyclic) bond motifs is 1. The third-order valence-electron chi connectivity index (χ3n) is 2.67. The van der Waals surface area contributed by atoms with Gasteiger partial charge in [0.2, 0.25) is 0 Å². The molecule has 1 aromatic carbocycles. The number of benzene rings is 1. The number of thioether (sulfide) groups is 1. The number of para-hydroxylation sites is 1. The fourth-order valence-electron chi connectivity index (χ4n) is 1.81. The number of hydrogen-bond acceptors (Lipinski definition) is 4. The van der Waals surface area contributed by atoms with Crippen LogP contribution in [0.3, 0.4) is 0 Å². The molecule has 0 saturated carbocycles. The summed E-state index contributed by atoms with van der Waals surface area (Å²) in [6.45, 7) is 0.319. The minimum atomic E-state index is -0.406. The number of H-pyrrole nitrogens is 1. The second-order valence-electron chi connectivity index (χ2n) is 4.00. The zero-order valence-corrected chi connectivity index (χ0v) is 11.0. The average Bonchev–Trinajstić information content (AvgIpc) is 2.37. The standard InChI is InChI=1S/C12H14N4O2S/c13-11(14)19-7-3-6-16-10(17)8-4-1-2-5-9(8)15-12(16)18/h1-2,4-5H,3,6-7H2,(H3,13,14)(H,15,18). The number of nitrogens with one attached hydrogen (secondary N) is 2. The minimum Gasteiger partial charge on any atom is -0.379 e. The highest BCUT2D eigenvalue weighted by atomic mass is 32.2. The topological polar surface area (TPSA) is 105 Å². The molecule has 6 nitrogen and oxygen atoms in total. The molecule has 0 bridgehead atoms. The molecule has 0 spiro atoms. The van der Waals surface area contributed by atoms with E-state index in [9.17, 15) is 9.59 Å². The lowest BCUT2D eigenvalue weighted by atomic mass is 10.2. The molecule has 0 aliphatic rings. The lowest BCUT2D eigenvalue weighted by Gasteiger charge is -2.05. The van der Waals surface area contributed by atoms with Crippen LogP contribution in [0.5, 0.6) is 0 Å². The summed E-state index contributed by atoms with van der Waals surface area (Å²) < 4.78 is 1.18. The Bertz CT molecular complexity index is 719. The summed E-state index contributed by atoms with van der Waals surface area (Å²) in [6.07, 6.45) is 0.603. The molecule has 0 saturated heterocycles. The monoisotopic (exact) mass is 278 g/mol. The Morgan fingerprint density at radius 1 is 1.37 bits per heavy atom. The van der Waals surface area contributed by atoms with Gasteiger partial charge in [-0.05, 0) is 18.6 Å². The van der Waals surface area contributed by atoms with Crippen molar-refractivity contribution in [3.05, 3.63) is 45.1 Å². The first-order chi connectivity index (χ1) is 9.09.